The first kappa shape index (κ1) is 13.6. The SMILES string of the molecule is C[C@H]1CNCCN1c1nc2c(-n3cccn3)cc(Cl)cc2o1. The number of oxazole rings is 1. The molecule has 1 saturated heterocycles. The maximum absolute atomic E-state index is 6.21. The first-order valence-electron chi connectivity index (χ1n) is 7.30. The molecular weight excluding hydrogens is 302 g/mol. The van der Waals surface area contributed by atoms with Gasteiger partial charge in [0.15, 0.2) is 5.58 Å². The summed E-state index contributed by atoms with van der Waals surface area (Å²) in [5.74, 6) is 0. The summed E-state index contributed by atoms with van der Waals surface area (Å²) in [7, 11) is 0. The zero-order valence-electron chi connectivity index (χ0n) is 12.2. The van der Waals surface area contributed by atoms with Crippen molar-refractivity contribution in [2.45, 2.75) is 13.0 Å². The topological polar surface area (TPSA) is 59.1 Å². The van der Waals surface area contributed by atoms with Gasteiger partial charge < -0.3 is 14.6 Å². The van der Waals surface area contributed by atoms with Crippen LogP contribution in [0.25, 0.3) is 16.8 Å². The van der Waals surface area contributed by atoms with E-state index in [1.165, 1.54) is 0 Å². The van der Waals surface area contributed by atoms with Gasteiger partial charge in [0.05, 0.1) is 5.69 Å². The van der Waals surface area contributed by atoms with Gasteiger partial charge in [0.25, 0.3) is 6.01 Å². The lowest BCUT2D eigenvalue weighted by Crippen LogP contribution is -2.50. The summed E-state index contributed by atoms with van der Waals surface area (Å²) in [5.41, 5.74) is 2.28. The molecule has 22 heavy (non-hydrogen) atoms. The minimum Gasteiger partial charge on any atom is -0.423 e. The number of nitrogens with zero attached hydrogens (tertiary/aromatic N) is 4. The Morgan fingerprint density at radius 3 is 3.09 bits per heavy atom. The lowest BCUT2D eigenvalue weighted by atomic mass is 10.2. The second-order valence-corrected chi connectivity index (χ2v) is 5.90. The van der Waals surface area contributed by atoms with E-state index in [2.05, 4.69) is 22.2 Å². The summed E-state index contributed by atoms with van der Waals surface area (Å²) >= 11 is 6.21. The fourth-order valence-corrected chi connectivity index (χ4v) is 3.00. The molecule has 7 heteroatoms. The van der Waals surface area contributed by atoms with Crippen molar-refractivity contribution in [3.8, 4) is 5.69 Å². The number of hydrogen-bond donors (Lipinski definition) is 1. The second kappa shape index (κ2) is 5.30. The molecule has 1 aliphatic heterocycles. The van der Waals surface area contributed by atoms with Gasteiger partial charge >= 0.3 is 0 Å². The van der Waals surface area contributed by atoms with Crippen LogP contribution in [-0.4, -0.2) is 40.4 Å². The second-order valence-electron chi connectivity index (χ2n) is 5.47. The predicted octanol–water partition coefficient (Wildman–Crippen LogP) is 2.46. The van der Waals surface area contributed by atoms with Gasteiger partial charge in [0, 0.05) is 49.2 Å². The number of halogens is 1. The van der Waals surface area contributed by atoms with Crippen molar-refractivity contribution in [2.24, 2.45) is 0 Å². The van der Waals surface area contributed by atoms with Crippen molar-refractivity contribution in [3.63, 3.8) is 0 Å². The number of hydrogen-bond acceptors (Lipinski definition) is 5. The highest BCUT2D eigenvalue weighted by atomic mass is 35.5. The van der Waals surface area contributed by atoms with Gasteiger partial charge in [-0.05, 0) is 19.1 Å². The molecule has 3 heterocycles. The average Bonchev–Trinajstić information content (AvgIpc) is 3.15. The molecule has 0 saturated carbocycles. The molecule has 1 N–H and O–H groups in total. The van der Waals surface area contributed by atoms with E-state index >= 15 is 0 Å². The number of piperazine rings is 1. The molecule has 1 atom stereocenters. The molecule has 1 aromatic carbocycles. The Morgan fingerprint density at radius 2 is 2.32 bits per heavy atom. The zero-order chi connectivity index (χ0) is 15.1. The van der Waals surface area contributed by atoms with Crippen LogP contribution in [0, 0.1) is 0 Å². The summed E-state index contributed by atoms with van der Waals surface area (Å²) in [4.78, 5) is 6.87. The summed E-state index contributed by atoms with van der Waals surface area (Å²) in [6.45, 7) is 4.88. The first-order chi connectivity index (χ1) is 10.7. The summed E-state index contributed by atoms with van der Waals surface area (Å²) in [6, 6.07) is 6.49. The molecular formula is C15H16ClN5O. The molecule has 3 aromatic rings. The fraction of sp³-hybridized carbons (Fsp3) is 0.333. The zero-order valence-corrected chi connectivity index (χ0v) is 12.9. The van der Waals surface area contributed by atoms with Gasteiger partial charge in [-0.3, -0.25) is 0 Å². The Kier molecular flexibility index (Phi) is 3.28. The summed E-state index contributed by atoms with van der Waals surface area (Å²) in [5, 5.41) is 8.24. The molecule has 2 aromatic heterocycles. The Bertz CT molecular complexity index is 798. The van der Waals surface area contributed by atoms with Gasteiger partial charge in [0.1, 0.15) is 5.52 Å². The van der Waals surface area contributed by atoms with Crippen LogP contribution in [0.3, 0.4) is 0 Å². The molecule has 0 bridgehead atoms. The normalized spacial score (nSPS) is 19.0. The smallest absolute Gasteiger partial charge is 0.298 e. The summed E-state index contributed by atoms with van der Waals surface area (Å²) in [6.07, 6.45) is 3.60. The maximum atomic E-state index is 6.21. The first-order valence-corrected chi connectivity index (χ1v) is 7.67. The van der Waals surface area contributed by atoms with E-state index in [1.54, 1.807) is 16.9 Å². The van der Waals surface area contributed by atoms with Gasteiger partial charge in [0.2, 0.25) is 0 Å². The Labute approximate surface area is 132 Å². The number of aromatic nitrogens is 3. The number of fused-ring (bicyclic) bond motifs is 1. The highest BCUT2D eigenvalue weighted by Crippen LogP contribution is 2.30. The fourth-order valence-electron chi connectivity index (χ4n) is 2.80. The van der Waals surface area contributed by atoms with E-state index < -0.39 is 0 Å². The van der Waals surface area contributed by atoms with Crippen LogP contribution in [0.2, 0.25) is 5.02 Å². The predicted molar refractivity (Wildman–Crippen MR) is 85.8 cm³/mol. The van der Waals surface area contributed by atoms with Crippen LogP contribution in [0.5, 0.6) is 0 Å². The Morgan fingerprint density at radius 1 is 1.41 bits per heavy atom. The quantitative estimate of drug-likeness (QED) is 0.787. The third kappa shape index (κ3) is 2.24. The minimum absolute atomic E-state index is 0.338. The molecule has 0 spiro atoms. The van der Waals surface area contributed by atoms with Crippen molar-refractivity contribution in [1.82, 2.24) is 20.1 Å². The van der Waals surface area contributed by atoms with Crippen LogP contribution < -0.4 is 10.2 Å². The van der Waals surface area contributed by atoms with Crippen molar-refractivity contribution in [1.29, 1.82) is 0 Å². The monoisotopic (exact) mass is 317 g/mol. The van der Waals surface area contributed by atoms with E-state index in [9.17, 15) is 0 Å². The van der Waals surface area contributed by atoms with E-state index in [0.29, 0.717) is 22.7 Å². The minimum atomic E-state index is 0.338. The Balaban J connectivity index is 1.85. The van der Waals surface area contributed by atoms with Gasteiger partial charge in [-0.2, -0.15) is 10.1 Å². The molecule has 0 radical (unpaired) electrons. The third-order valence-electron chi connectivity index (χ3n) is 3.93. The molecule has 0 amide bonds. The van der Waals surface area contributed by atoms with Crippen LogP contribution >= 0.6 is 11.6 Å². The van der Waals surface area contributed by atoms with E-state index in [-0.39, 0.29) is 0 Å². The van der Waals surface area contributed by atoms with Crippen molar-refractivity contribution < 1.29 is 4.42 Å². The summed E-state index contributed by atoms with van der Waals surface area (Å²) < 4.78 is 7.71. The van der Waals surface area contributed by atoms with Crippen LogP contribution in [-0.2, 0) is 0 Å². The van der Waals surface area contributed by atoms with Crippen molar-refractivity contribution in [2.75, 3.05) is 24.5 Å². The lowest BCUT2D eigenvalue weighted by Gasteiger charge is -2.32. The van der Waals surface area contributed by atoms with E-state index in [4.69, 9.17) is 21.0 Å². The van der Waals surface area contributed by atoms with Gasteiger partial charge in [-0.25, -0.2) is 4.68 Å². The third-order valence-corrected chi connectivity index (χ3v) is 4.14. The van der Waals surface area contributed by atoms with Gasteiger partial charge in [-0.1, -0.05) is 11.6 Å². The van der Waals surface area contributed by atoms with Gasteiger partial charge in [-0.15, -0.1) is 0 Å². The van der Waals surface area contributed by atoms with Crippen LogP contribution in [0.15, 0.2) is 35.0 Å². The highest BCUT2D eigenvalue weighted by molar-refractivity contribution is 6.31. The number of nitrogens with one attached hydrogen (secondary N) is 1. The molecule has 6 nitrogen and oxygen atoms in total. The standard InChI is InChI=1S/C15H16ClN5O/c1-10-9-17-4-6-20(10)15-19-14-12(21-5-2-3-18-21)7-11(16)8-13(14)22-15/h2-3,5,7-8,10,17H,4,6,9H2,1H3/t10-/m0/s1. The highest BCUT2D eigenvalue weighted by Gasteiger charge is 2.24. The molecule has 1 fully saturated rings. The Hall–Kier alpha value is -2.05. The number of anilines is 1. The van der Waals surface area contributed by atoms with Crippen LogP contribution in [0.4, 0.5) is 6.01 Å². The molecule has 0 unspecified atom stereocenters. The molecule has 114 valence electrons. The van der Waals surface area contributed by atoms with Crippen molar-refractivity contribution >= 4 is 28.7 Å². The average molecular weight is 318 g/mol. The maximum Gasteiger partial charge on any atom is 0.298 e. The number of rotatable bonds is 2. The molecule has 4 rings (SSSR count). The van der Waals surface area contributed by atoms with E-state index in [0.717, 1.165) is 30.8 Å². The lowest BCUT2D eigenvalue weighted by molar-refractivity contribution is 0.456. The number of benzene rings is 1. The van der Waals surface area contributed by atoms with Crippen LogP contribution in [0.1, 0.15) is 6.92 Å². The molecule has 1 aliphatic rings. The van der Waals surface area contributed by atoms with Crippen molar-refractivity contribution in [3.05, 3.63) is 35.6 Å². The largest absolute Gasteiger partial charge is 0.423 e. The molecule has 0 aliphatic carbocycles. The van der Waals surface area contributed by atoms with E-state index in [1.807, 2.05) is 18.3 Å².